The van der Waals surface area contributed by atoms with E-state index in [1.807, 2.05) is 30.3 Å². The molecule has 5 nitrogen and oxygen atoms in total. The normalized spacial score (nSPS) is 19.4. The fourth-order valence-electron chi connectivity index (χ4n) is 2.73. The van der Waals surface area contributed by atoms with Crippen LogP contribution in [0.1, 0.15) is 34.1 Å². The summed E-state index contributed by atoms with van der Waals surface area (Å²) in [5, 5.41) is 8.96. The molecule has 3 rings (SSSR count). The highest BCUT2D eigenvalue weighted by atomic mass is 32.2. The molecule has 1 aromatic carbocycles. The van der Waals surface area contributed by atoms with Gasteiger partial charge in [-0.1, -0.05) is 30.3 Å². The van der Waals surface area contributed by atoms with E-state index in [9.17, 15) is 13.2 Å². The van der Waals surface area contributed by atoms with Crippen molar-refractivity contribution in [3.05, 3.63) is 52.9 Å². The van der Waals surface area contributed by atoms with E-state index in [-0.39, 0.29) is 15.1 Å². The summed E-state index contributed by atoms with van der Waals surface area (Å²) in [6, 6.07) is 12.1. The Morgan fingerprint density at radius 2 is 1.91 bits per heavy atom. The molecule has 1 aromatic heterocycles. The molecule has 1 N–H and O–H groups in total. The maximum absolute atomic E-state index is 12.8. The summed E-state index contributed by atoms with van der Waals surface area (Å²) < 4.78 is 27.2. The number of hydrogen-bond donors (Lipinski definition) is 1. The zero-order chi connectivity index (χ0) is 15.7. The van der Waals surface area contributed by atoms with E-state index in [0.717, 1.165) is 29.7 Å². The molecule has 2 heterocycles. The van der Waals surface area contributed by atoms with Gasteiger partial charge in [-0.15, -0.1) is 11.3 Å². The minimum Gasteiger partial charge on any atom is -0.477 e. The Morgan fingerprint density at radius 3 is 2.55 bits per heavy atom. The third-order valence-corrected chi connectivity index (χ3v) is 7.19. The number of hydrogen-bond acceptors (Lipinski definition) is 4. The van der Waals surface area contributed by atoms with Gasteiger partial charge in [0, 0.05) is 6.54 Å². The van der Waals surface area contributed by atoms with Crippen molar-refractivity contribution >= 4 is 27.3 Å². The van der Waals surface area contributed by atoms with Crippen LogP contribution in [-0.4, -0.2) is 30.3 Å². The first-order chi connectivity index (χ1) is 10.5. The van der Waals surface area contributed by atoms with Crippen molar-refractivity contribution in [1.82, 2.24) is 4.31 Å². The molecule has 116 valence electrons. The Kier molecular flexibility index (Phi) is 4.03. The molecule has 1 aliphatic heterocycles. The maximum atomic E-state index is 12.8. The molecule has 1 aliphatic rings. The van der Waals surface area contributed by atoms with Crippen LogP contribution in [0.5, 0.6) is 0 Å². The Labute approximate surface area is 132 Å². The number of sulfonamides is 1. The van der Waals surface area contributed by atoms with Crippen LogP contribution in [0.15, 0.2) is 46.7 Å². The van der Waals surface area contributed by atoms with Crippen molar-refractivity contribution in [2.75, 3.05) is 6.54 Å². The molecule has 1 atom stereocenters. The molecule has 1 saturated heterocycles. The Balaban J connectivity index is 1.95. The van der Waals surface area contributed by atoms with Crippen molar-refractivity contribution in [2.24, 2.45) is 0 Å². The average molecular weight is 337 g/mol. The van der Waals surface area contributed by atoms with E-state index in [1.54, 1.807) is 0 Å². The lowest BCUT2D eigenvalue weighted by molar-refractivity contribution is 0.0702. The van der Waals surface area contributed by atoms with E-state index in [0.29, 0.717) is 6.54 Å². The second-order valence-corrected chi connectivity index (χ2v) is 8.31. The number of benzene rings is 1. The van der Waals surface area contributed by atoms with Crippen LogP contribution in [0, 0.1) is 0 Å². The largest absolute Gasteiger partial charge is 0.477 e. The second kappa shape index (κ2) is 5.83. The van der Waals surface area contributed by atoms with Crippen LogP contribution in [-0.2, 0) is 10.0 Å². The van der Waals surface area contributed by atoms with Gasteiger partial charge in [0.05, 0.1) is 6.04 Å². The lowest BCUT2D eigenvalue weighted by Crippen LogP contribution is -2.30. The standard InChI is InChI=1S/C15H15NO4S2/c17-15(18)13-8-9-14(21-13)22(19,20)16-10-4-7-12(16)11-5-2-1-3-6-11/h1-3,5-6,8-9,12H,4,7,10H2,(H,17,18). The van der Waals surface area contributed by atoms with Gasteiger partial charge in [-0.05, 0) is 30.5 Å². The zero-order valence-corrected chi connectivity index (χ0v) is 13.3. The topological polar surface area (TPSA) is 74.7 Å². The molecule has 7 heteroatoms. The molecule has 0 amide bonds. The van der Waals surface area contributed by atoms with E-state index in [2.05, 4.69) is 0 Å². The first kappa shape index (κ1) is 15.2. The molecule has 22 heavy (non-hydrogen) atoms. The van der Waals surface area contributed by atoms with E-state index in [1.165, 1.54) is 16.4 Å². The highest BCUT2D eigenvalue weighted by Crippen LogP contribution is 2.37. The molecule has 0 saturated carbocycles. The molecule has 2 aromatic rings. The van der Waals surface area contributed by atoms with E-state index >= 15 is 0 Å². The Bertz CT molecular complexity index is 783. The van der Waals surface area contributed by atoms with Gasteiger partial charge in [-0.25, -0.2) is 13.2 Å². The van der Waals surface area contributed by atoms with Gasteiger partial charge >= 0.3 is 5.97 Å². The fraction of sp³-hybridized carbons (Fsp3) is 0.267. The Hall–Kier alpha value is -1.70. The van der Waals surface area contributed by atoms with Crippen LogP contribution in [0.4, 0.5) is 0 Å². The summed E-state index contributed by atoms with van der Waals surface area (Å²) in [5.74, 6) is -1.10. The third kappa shape index (κ3) is 2.67. The van der Waals surface area contributed by atoms with Crippen molar-refractivity contribution in [3.63, 3.8) is 0 Å². The lowest BCUT2D eigenvalue weighted by atomic mass is 10.1. The number of aromatic carboxylic acids is 1. The molecule has 0 radical (unpaired) electrons. The van der Waals surface area contributed by atoms with Gasteiger partial charge in [0.2, 0.25) is 0 Å². The maximum Gasteiger partial charge on any atom is 0.345 e. The van der Waals surface area contributed by atoms with Crippen LogP contribution < -0.4 is 0 Å². The van der Waals surface area contributed by atoms with Gasteiger partial charge in [0.15, 0.2) is 0 Å². The minimum atomic E-state index is -3.66. The highest BCUT2D eigenvalue weighted by molar-refractivity contribution is 7.91. The number of nitrogens with zero attached hydrogens (tertiary/aromatic N) is 1. The molecule has 1 unspecified atom stereocenters. The third-order valence-electron chi connectivity index (χ3n) is 3.74. The predicted molar refractivity (Wildman–Crippen MR) is 83.6 cm³/mol. The smallest absolute Gasteiger partial charge is 0.345 e. The lowest BCUT2D eigenvalue weighted by Gasteiger charge is -2.23. The number of carboxylic acids is 1. The summed E-state index contributed by atoms with van der Waals surface area (Å²) in [7, 11) is -3.66. The zero-order valence-electron chi connectivity index (χ0n) is 11.7. The highest BCUT2D eigenvalue weighted by Gasteiger charge is 2.37. The van der Waals surface area contributed by atoms with Crippen molar-refractivity contribution in [1.29, 1.82) is 0 Å². The van der Waals surface area contributed by atoms with Crippen molar-refractivity contribution in [3.8, 4) is 0 Å². The van der Waals surface area contributed by atoms with Crippen molar-refractivity contribution < 1.29 is 18.3 Å². The first-order valence-corrected chi connectivity index (χ1v) is 9.16. The van der Waals surface area contributed by atoms with Gasteiger partial charge < -0.3 is 5.11 Å². The molecular weight excluding hydrogens is 322 g/mol. The second-order valence-electron chi connectivity index (χ2n) is 5.11. The molecular formula is C15H15NO4S2. The molecule has 1 fully saturated rings. The Morgan fingerprint density at radius 1 is 1.18 bits per heavy atom. The van der Waals surface area contributed by atoms with E-state index in [4.69, 9.17) is 5.11 Å². The fourth-order valence-corrected chi connectivity index (χ4v) is 5.68. The molecule has 0 aliphatic carbocycles. The quantitative estimate of drug-likeness (QED) is 0.931. The number of rotatable bonds is 4. The van der Waals surface area contributed by atoms with Gasteiger partial charge in [-0.2, -0.15) is 4.31 Å². The summed E-state index contributed by atoms with van der Waals surface area (Å²) in [5.41, 5.74) is 0.971. The predicted octanol–water partition coefficient (Wildman–Crippen LogP) is 2.97. The SMILES string of the molecule is O=C(O)c1ccc(S(=O)(=O)N2CCCC2c2ccccc2)s1. The van der Waals surface area contributed by atoms with Gasteiger partial charge in [-0.3, -0.25) is 0 Å². The van der Waals surface area contributed by atoms with Gasteiger partial charge in [0.1, 0.15) is 9.09 Å². The number of carboxylic acid groups (broad SMARTS) is 1. The number of thiophene rings is 1. The van der Waals surface area contributed by atoms with Crippen LogP contribution in [0.25, 0.3) is 0 Å². The first-order valence-electron chi connectivity index (χ1n) is 6.90. The van der Waals surface area contributed by atoms with Crippen LogP contribution >= 0.6 is 11.3 Å². The minimum absolute atomic E-state index is 0.0361. The monoisotopic (exact) mass is 337 g/mol. The van der Waals surface area contributed by atoms with Crippen LogP contribution in [0.2, 0.25) is 0 Å². The summed E-state index contributed by atoms with van der Waals surface area (Å²) >= 11 is 0.803. The summed E-state index contributed by atoms with van der Waals surface area (Å²) in [4.78, 5) is 11.0. The molecule has 0 bridgehead atoms. The van der Waals surface area contributed by atoms with Crippen molar-refractivity contribution in [2.45, 2.75) is 23.1 Å². The average Bonchev–Trinajstić information content (AvgIpc) is 3.18. The number of carbonyl (C=O) groups is 1. The summed E-state index contributed by atoms with van der Waals surface area (Å²) in [6.45, 7) is 0.461. The van der Waals surface area contributed by atoms with Gasteiger partial charge in [0.25, 0.3) is 10.0 Å². The molecule has 0 spiro atoms. The van der Waals surface area contributed by atoms with Crippen LogP contribution in [0.3, 0.4) is 0 Å². The summed E-state index contributed by atoms with van der Waals surface area (Å²) in [6.07, 6.45) is 1.58. The van der Waals surface area contributed by atoms with E-state index < -0.39 is 16.0 Å².